The van der Waals surface area contributed by atoms with Crippen LogP contribution in [-0.2, 0) is 47.3 Å². The first-order valence-electron chi connectivity index (χ1n) is 23.0. The summed E-state index contributed by atoms with van der Waals surface area (Å²) in [4.78, 5) is 95.7. The first kappa shape index (κ1) is 60.7. The van der Waals surface area contributed by atoms with Gasteiger partial charge in [0.1, 0.15) is 50.5 Å². The molecule has 64 heavy (non-hydrogen) atoms. The van der Waals surface area contributed by atoms with Gasteiger partial charge in [0.25, 0.3) is 0 Å². The van der Waals surface area contributed by atoms with E-state index in [2.05, 4.69) is 13.8 Å². The van der Waals surface area contributed by atoms with Gasteiger partial charge in [0, 0.05) is 36.5 Å². The van der Waals surface area contributed by atoms with Crippen LogP contribution >= 0.6 is 8.17 Å². The maximum absolute atomic E-state index is 12.8. The van der Waals surface area contributed by atoms with Crippen LogP contribution in [0.2, 0.25) is 0 Å². The van der Waals surface area contributed by atoms with Crippen molar-refractivity contribution in [2.45, 2.75) is 149 Å². The second-order valence-corrected chi connectivity index (χ2v) is 18.8. The van der Waals surface area contributed by atoms with Crippen LogP contribution in [-0.4, -0.2) is 121 Å². The molecule has 0 aliphatic carbocycles. The van der Waals surface area contributed by atoms with E-state index in [0.29, 0.717) is 49.6 Å². The number of aliphatic hydroxyl groups is 2. The van der Waals surface area contributed by atoms with Gasteiger partial charge in [-0.05, 0) is 65.2 Å². The van der Waals surface area contributed by atoms with Crippen molar-refractivity contribution in [2.24, 2.45) is 23.7 Å². The highest BCUT2D eigenvalue weighted by Gasteiger charge is 2.32. The van der Waals surface area contributed by atoms with Crippen LogP contribution in [0.3, 0.4) is 0 Å². The van der Waals surface area contributed by atoms with Gasteiger partial charge >= 0.3 is 20.1 Å². The summed E-state index contributed by atoms with van der Waals surface area (Å²) in [6, 6.07) is 0. The van der Waals surface area contributed by atoms with Crippen molar-refractivity contribution < 1.29 is 71.8 Å². The zero-order chi connectivity index (χ0) is 48.4. The monoisotopic (exact) mass is 927 g/mol. The number of nitrogens with zero attached hydrogens (tertiary/aromatic N) is 1. The number of Topliss-reactive ketones (excluding diaryl/α,β-unsaturated/α-hetero) is 2. The van der Waals surface area contributed by atoms with Crippen LogP contribution in [0.5, 0.6) is 0 Å². The molecule has 0 aromatic rings. The summed E-state index contributed by atoms with van der Waals surface area (Å²) in [5.41, 5.74) is 0. The smallest absolute Gasteiger partial charge is 0.377 e. The van der Waals surface area contributed by atoms with Gasteiger partial charge in [0.05, 0.1) is 33.4 Å². The number of carbonyl (C=O) groups excluding carboxylic acids is 6. The van der Waals surface area contributed by atoms with Gasteiger partial charge in [0.2, 0.25) is 0 Å². The molecule has 0 aliphatic heterocycles. The van der Waals surface area contributed by atoms with Crippen LogP contribution in [0.25, 0.3) is 0 Å². The number of rotatable bonds is 40. The fourth-order valence-electron chi connectivity index (χ4n) is 6.44. The minimum Gasteiger partial charge on any atom is -0.606 e. The van der Waals surface area contributed by atoms with Crippen molar-refractivity contribution in [3.63, 3.8) is 0 Å². The number of esters is 2. The lowest BCUT2D eigenvalue weighted by Gasteiger charge is -2.26. The molecule has 366 valence electrons. The molecule has 15 nitrogen and oxygen atoms in total. The number of ether oxygens (including phenoxy) is 2. The SMILES string of the molecule is CCCCCC(C=O)C(/C=C/C(O)C/C=C\CCCC(=O)OC[C@H](CO[P+]([O-])(O)OCC[N+](C)(C)C)OC(=O)CCC/C=C\CC(O)/C=C/C(C(C)=O)C(C=O)CCCCC)C(C)=O. The van der Waals surface area contributed by atoms with Crippen molar-refractivity contribution in [1.29, 1.82) is 0 Å². The number of aldehydes is 2. The Morgan fingerprint density at radius 1 is 0.656 bits per heavy atom. The van der Waals surface area contributed by atoms with E-state index >= 15 is 0 Å². The third-order valence-electron chi connectivity index (χ3n) is 10.3. The first-order valence-corrected chi connectivity index (χ1v) is 24.5. The van der Waals surface area contributed by atoms with Gasteiger partial charge in [-0.25, -0.2) is 0 Å². The molecule has 0 heterocycles. The number of allylic oxidation sites excluding steroid dienone is 4. The number of likely N-dealkylation sites (N-methyl/N-ethyl adjacent to an activating group) is 1. The summed E-state index contributed by atoms with van der Waals surface area (Å²) in [6.45, 7) is 6.37. The lowest BCUT2D eigenvalue weighted by atomic mass is 9.85. The third kappa shape index (κ3) is 32.4. The van der Waals surface area contributed by atoms with Gasteiger partial charge in [-0.2, -0.15) is 13.9 Å². The molecule has 0 radical (unpaired) electrons. The molecule has 0 aliphatic rings. The molecule has 0 bridgehead atoms. The van der Waals surface area contributed by atoms with Gasteiger partial charge in [0.15, 0.2) is 6.10 Å². The number of phosphoric acid groups is 1. The number of phosphoric ester groups is 1. The summed E-state index contributed by atoms with van der Waals surface area (Å²) in [7, 11) is 1.14. The largest absolute Gasteiger partial charge is 0.606 e. The maximum Gasteiger partial charge on any atom is 0.377 e. The van der Waals surface area contributed by atoms with E-state index in [1.807, 2.05) is 27.2 Å². The molecule has 8 atom stereocenters. The molecule has 0 spiro atoms. The summed E-state index contributed by atoms with van der Waals surface area (Å²) in [5.74, 6) is -3.52. The molecule has 0 aromatic heterocycles. The number of quaternary nitrogens is 1. The first-order chi connectivity index (χ1) is 30.3. The minimum absolute atomic E-state index is 0.0219. The Bertz CT molecular complexity index is 1460. The zero-order valence-electron chi connectivity index (χ0n) is 39.7. The predicted octanol–water partition coefficient (Wildman–Crippen LogP) is 6.48. The Morgan fingerprint density at radius 2 is 1.12 bits per heavy atom. The van der Waals surface area contributed by atoms with E-state index in [4.69, 9.17) is 18.5 Å². The number of aliphatic hydroxyl groups excluding tert-OH is 2. The minimum atomic E-state index is -4.52. The van der Waals surface area contributed by atoms with Crippen LogP contribution in [0, 0.1) is 23.7 Å². The fourth-order valence-corrected chi connectivity index (χ4v) is 7.18. The molecule has 0 amide bonds. The molecule has 0 aromatic carbocycles. The topological polar surface area (TPSA) is 223 Å². The second kappa shape index (κ2) is 35.9. The van der Waals surface area contributed by atoms with Crippen molar-refractivity contribution in [1.82, 2.24) is 0 Å². The van der Waals surface area contributed by atoms with Crippen molar-refractivity contribution in [2.75, 3.05) is 47.5 Å². The van der Waals surface area contributed by atoms with E-state index in [1.54, 1.807) is 30.4 Å². The second-order valence-electron chi connectivity index (χ2n) is 17.4. The number of hydrogen-bond donors (Lipinski definition) is 3. The van der Waals surface area contributed by atoms with E-state index < -0.39 is 75.3 Å². The van der Waals surface area contributed by atoms with E-state index in [9.17, 15) is 48.8 Å². The van der Waals surface area contributed by atoms with Gasteiger partial charge in [-0.1, -0.05) is 101 Å². The highest BCUT2D eigenvalue weighted by molar-refractivity contribution is 7.52. The number of hydrogen-bond acceptors (Lipinski definition) is 14. The molecule has 0 fully saturated rings. The van der Waals surface area contributed by atoms with Gasteiger partial charge in [-0.3, -0.25) is 19.2 Å². The zero-order valence-corrected chi connectivity index (χ0v) is 40.6. The molecular formula is C48H81NO14P+. The summed E-state index contributed by atoms with van der Waals surface area (Å²) in [5, 5.41) is 20.8. The molecule has 7 unspecified atom stereocenters. The lowest BCUT2D eigenvalue weighted by Crippen LogP contribution is -2.38. The fraction of sp³-hybridized carbons (Fsp3) is 0.708. The average molecular weight is 927 g/mol. The molecule has 0 saturated heterocycles. The Morgan fingerprint density at radius 3 is 1.55 bits per heavy atom. The number of unbranched alkanes of at least 4 members (excludes halogenated alkanes) is 6. The quantitative estimate of drug-likeness (QED) is 0.0150. The summed E-state index contributed by atoms with van der Waals surface area (Å²) < 4.78 is 21.4. The Labute approximate surface area is 383 Å². The van der Waals surface area contributed by atoms with Crippen LogP contribution in [0.4, 0.5) is 0 Å². The molecule has 0 rings (SSSR count). The van der Waals surface area contributed by atoms with E-state index in [1.165, 1.54) is 26.0 Å². The number of ketones is 2. The van der Waals surface area contributed by atoms with Crippen LogP contribution < -0.4 is 4.89 Å². The molecule has 0 saturated carbocycles. The Hall–Kier alpha value is -3.27. The highest BCUT2D eigenvalue weighted by atomic mass is 31.2. The van der Waals surface area contributed by atoms with Crippen molar-refractivity contribution >= 4 is 44.2 Å². The average Bonchev–Trinajstić information content (AvgIpc) is 3.22. The molecular weight excluding hydrogens is 845 g/mol. The van der Waals surface area contributed by atoms with E-state index in [0.717, 1.165) is 51.1 Å². The predicted molar refractivity (Wildman–Crippen MR) is 246 cm³/mol. The summed E-state index contributed by atoms with van der Waals surface area (Å²) in [6.07, 6.45) is 21.3. The van der Waals surface area contributed by atoms with Crippen molar-refractivity contribution in [3.8, 4) is 0 Å². The normalized spacial score (nSPS) is 16.6. The van der Waals surface area contributed by atoms with Gasteiger partial charge in [-0.15, -0.1) is 0 Å². The standard InChI is InChI=1S/C48H80NO14P/c1-8-10-16-22-40(34-50)45(38(3)52)30-28-42(54)24-18-12-14-20-26-47(56)60-36-44(37-62-64(58,59)61-33-32-49(5,6)7)63-48(57)27-21-15-13-19-25-43(55)29-31-46(39(4)53)41(35-51)23-17-11-9-2/h12-13,18-19,28-31,34-35,40-46,54-55H,8-11,14-17,20-27,32-33,36-37H2,1-7H3/p+1/b18-12-,19-13-,30-28+,31-29+/t40?,41?,42?,43?,44-,45?,46?/m1/s1. The maximum atomic E-state index is 12.8. The highest BCUT2D eigenvalue weighted by Crippen LogP contribution is 2.47. The molecule has 3 N–H and O–H groups in total. The van der Waals surface area contributed by atoms with Gasteiger partial charge < -0.3 is 38.7 Å². The Balaban J connectivity index is 5.12. The summed E-state index contributed by atoms with van der Waals surface area (Å²) >= 11 is 0. The molecule has 16 heteroatoms. The van der Waals surface area contributed by atoms with Crippen LogP contribution in [0.15, 0.2) is 48.6 Å². The lowest BCUT2D eigenvalue weighted by molar-refractivity contribution is -0.870. The third-order valence-corrected chi connectivity index (χ3v) is 11.3. The van der Waals surface area contributed by atoms with Crippen LogP contribution in [0.1, 0.15) is 130 Å². The number of carbonyl (C=O) groups is 6. The Kier molecular flexibility index (Phi) is 34.1. The van der Waals surface area contributed by atoms with E-state index in [-0.39, 0.29) is 43.9 Å². The van der Waals surface area contributed by atoms with Crippen molar-refractivity contribution in [3.05, 3.63) is 48.6 Å².